The van der Waals surface area contributed by atoms with Gasteiger partial charge in [0.05, 0.1) is 0 Å². The molecule has 1 aliphatic rings. The van der Waals surface area contributed by atoms with Crippen molar-refractivity contribution in [1.82, 2.24) is 20.2 Å². The molecule has 1 saturated heterocycles. The van der Waals surface area contributed by atoms with E-state index in [-0.39, 0.29) is 35.3 Å². The highest BCUT2D eigenvalue weighted by Crippen LogP contribution is 2.16. The Morgan fingerprint density at radius 3 is 2.27 bits per heavy atom. The number of amides is 3. The molecule has 30 heavy (non-hydrogen) atoms. The van der Waals surface area contributed by atoms with Crippen LogP contribution in [-0.4, -0.2) is 51.7 Å². The molecule has 0 aliphatic carbocycles. The molecule has 2 heterocycles. The van der Waals surface area contributed by atoms with E-state index in [0.717, 1.165) is 5.56 Å². The van der Waals surface area contributed by atoms with Gasteiger partial charge in [-0.25, -0.2) is 9.97 Å². The molecule has 1 aliphatic heterocycles. The molecule has 2 N–H and O–H groups in total. The summed E-state index contributed by atoms with van der Waals surface area (Å²) in [5, 5.41) is 5.63. The third-order valence-electron chi connectivity index (χ3n) is 5.09. The second kappa shape index (κ2) is 9.47. The third-order valence-corrected chi connectivity index (χ3v) is 5.09. The van der Waals surface area contributed by atoms with Gasteiger partial charge in [-0.15, -0.1) is 0 Å². The van der Waals surface area contributed by atoms with Gasteiger partial charge in [-0.2, -0.15) is 0 Å². The molecule has 3 amide bonds. The maximum atomic E-state index is 12.8. The average molecular weight is 409 g/mol. The fourth-order valence-corrected chi connectivity index (χ4v) is 3.34. The van der Waals surface area contributed by atoms with E-state index < -0.39 is 5.91 Å². The topological polar surface area (TPSA) is 104 Å². The summed E-state index contributed by atoms with van der Waals surface area (Å²) in [6.45, 7) is 6.93. The minimum atomic E-state index is -0.393. The molecule has 1 aromatic carbocycles. The van der Waals surface area contributed by atoms with Gasteiger partial charge in [0, 0.05) is 43.0 Å². The lowest BCUT2D eigenvalue weighted by molar-refractivity contribution is -0.135. The summed E-state index contributed by atoms with van der Waals surface area (Å²) in [5.41, 5.74) is 1.59. The molecule has 0 atom stereocenters. The minimum absolute atomic E-state index is 0.0320. The largest absolute Gasteiger partial charge is 0.348 e. The van der Waals surface area contributed by atoms with Crippen LogP contribution in [0.2, 0.25) is 0 Å². The standard InChI is InChI=1S/C22H27N5O3/c1-14(2)22(30)27-12-8-17(9-13-27)25-21(29)18-19(24-11-10-23-18)26-20(28)16-6-4-15(3)5-7-16/h4-7,10-11,14,17H,8-9,12-13H2,1-3H3,(H,25,29)(H,24,26,28). The van der Waals surface area contributed by atoms with Crippen LogP contribution >= 0.6 is 0 Å². The lowest BCUT2D eigenvalue weighted by atomic mass is 10.0. The molecule has 1 fully saturated rings. The Morgan fingerprint density at radius 2 is 1.63 bits per heavy atom. The summed E-state index contributed by atoms with van der Waals surface area (Å²) in [6, 6.07) is 7.06. The molecule has 8 heteroatoms. The Morgan fingerprint density at radius 1 is 1.00 bits per heavy atom. The van der Waals surface area contributed by atoms with Crippen LogP contribution in [0.5, 0.6) is 0 Å². The first-order valence-electron chi connectivity index (χ1n) is 10.1. The summed E-state index contributed by atoms with van der Waals surface area (Å²) in [6.07, 6.45) is 4.20. The van der Waals surface area contributed by atoms with Crippen molar-refractivity contribution in [3.63, 3.8) is 0 Å². The summed E-state index contributed by atoms with van der Waals surface area (Å²) in [7, 11) is 0. The van der Waals surface area contributed by atoms with Crippen LogP contribution in [0, 0.1) is 12.8 Å². The number of aromatic nitrogens is 2. The van der Waals surface area contributed by atoms with Crippen molar-refractivity contribution in [3.05, 3.63) is 53.5 Å². The van der Waals surface area contributed by atoms with E-state index in [1.165, 1.54) is 12.4 Å². The molecule has 158 valence electrons. The first-order chi connectivity index (χ1) is 14.3. The van der Waals surface area contributed by atoms with Crippen LogP contribution in [0.25, 0.3) is 0 Å². The van der Waals surface area contributed by atoms with Gasteiger partial charge < -0.3 is 15.5 Å². The Hall–Kier alpha value is -3.29. The molecular weight excluding hydrogens is 382 g/mol. The Balaban J connectivity index is 1.63. The number of aryl methyl sites for hydroxylation is 1. The first kappa shape index (κ1) is 21.4. The van der Waals surface area contributed by atoms with Crippen molar-refractivity contribution in [2.45, 2.75) is 39.7 Å². The number of carbonyl (C=O) groups excluding carboxylic acids is 3. The highest BCUT2D eigenvalue weighted by molar-refractivity contribution is 6.07. The van der Waals surface area contributed by atoms with E-state index in [1.807, 2.05) is 37.8 Å². The van der Waals surface area contributed by atoms with Crippen LogP contribution < -0.4 is 10.6 Å². The van der Waals surface area contributed by atoms with Crippen molar-refractivity contribution in [1.29, 1.82) is 0 Å². The summed E-state index contributed by atoms with van der Waals surface area (Å²) in [5.74, 6) is -0.528. The van der Waals surface area contributed by atoms with E-state index in [1.54, 1.807) is 12.1 Å². The molecule has 0 spiro atoms. The fourth-order valence-electron chi connectivity index (χ4n) is 3.34. The average Bonchev–Trinajstić information content (AvgIpc) is 2.74. The van der Waals surface area contributed by atoms with Gasteiger partial charge in [-0.3, -0.25) is 14.4 Å². The molecule has 0 saturated carbocycles. The van der Waals surface area contributed by atoms with E-state index >= 15 is 0 Å². The van der Waals surface area contributed by atoms with Crippen molar-refractivity contribution in [2.24, 2.45) is 5.92 Å². The second-order valence-corrected chi connectivity index (χ2v) is 7.80. The van der Waals surface area contributed by atoms with E-state index in [4.69, 9.17) is 0 Å². The van der Waals surface area contributed by atoms with Crippen LogP contribution in [0.15, 0.2) is 36.7 Å². The third kappa shape index (κ3) is 5.20. The molecule has 8 nitrogen and oxygen atoms in total. The summed E-state index contributed by atoms with van der Waals surface area (Å²) < 4.78 is 0. The van der Waals surface area contributed by atoms with E-state index in [2.05, 4.69) is 20.6 Å². The van der Waals surface area contributed by atoms with E-state index in [0.29, 0.717) is 31.5 Å². The first-order valence-corrected chi connectivity index (χ1v) is 10.1. The SMILES string of the molecule is Cc1ccc(C(=O)Nc2nccnc2C(=O)NC2CCN(C(=O)C(C)C)CC2)cc1. The van der Waals surface area contributed by atoms with E-state index in [9.17, 15) is 14.4 Å². The number of nitrogens with one attached hydrogen (secondary N) is 2. The van der Waals surface area contributed by atoms with Crippen LogP contribution in [0.1, 0.15) is 53.1 Å². The van der Waals surface area contributed by atoms with Gasteiger partial charge >= 0.3 is 0 Å². The molecule has 2 aromatic rings. The maximum Gasteiger partial charge on any atom is 0.273 e. The molecule has 0 bridgehead atoms. The van der Waals surface area contributed by atoms with Gasteiger partial charge in [-0.05, 0) is 31.9 Å². The molecule has 3 rings (SSSR count). The number of nitrogens with zero attached hydrogens (tertiary/aromatic N) is 3. The molecule has 1 aromatic heterocycles. The lowest BCUT2D eigenvalue weighted by Gasteiger charge is -2.33. The Bertz CT molecular complexity index is 919. The van der Waals surface area contributed by atoms with Crippen molar-refractivity contribution in [3.8, 4) is 0 Å². The maximum absolute atomic E-state index is 12.8. The monoisotopic (exact) mass is 409 g/mol. The molecular formula is C22H27N5O3. The zero-order valence-electron chi connectivity index (χ0n) is 17.5. The highest BCUT2D eigenvalue weighted by atomic mass is 16.2. The number of carbonyl (C=O) groups is 3. The summed E-state index contributed by atoms with van der Waals surface area (Å²) >= 11 is 0. The van der Waals surface area contributed by atoms with Crippen LogP contribution in [-0.2, 0) is 4.79 Å². The number of hydrogen-bond acceptors (Lipinski definition) is 5. The Labute approximate surface area is 176 Å². The number of anilines is 1. The quantitative estimate of drug-likeness (QED) is 0.789. The predicted molar refractivity (Wildman–Crippen MR) is 113 cm³/mol. The summed E-state index contributed by atoms with van der Waals surface area (Å²) in [4.78, 5) is 47.5. The smallest absolute Gasteiger partial charge is 0.273 e. The minimum Gasteiger partial charge on any atom is -0.348 e. The number of piperidine rings is 1. The van der Waals surface area contributed by atoms with Crippen LogP contribution in [0.4, 0.5) is 5.82 Å². The van der Waals surface area contributed by atoms with Crippen molar-refractivity contribution < 1.29 is 14.4 Å². The zero-order chi connectivity index (χ0) is 21.7. The van der Waals surface area contributed by atoms with Crippen molar-refractivity contribution >= 4 is 23.5 Å². The van der Waals surface area contributed by atoms with Gasteiger partial charge in [0.15, 0.2) is 11.5 Å². The van der Waals surface area contributed by atoms with Gasteiger partial charge in [0.25, 0.3) is 11.8 Å². The molecule has 0 unspecified atom stereocenters. The normalized spacial score (nSPS) is 14.5. The van der Waals surface area contributed by atoms with Gasteiger partial charge in [0.2, 0.25) is 5.91 Å². The number of benzene rings is 1. The predicted octanol–water partition coefficient (Wildman–Crippen LogP) is 2.41. The highest BCUT2D eigenvalue weighted by Gasteiger charge is 2.26. The van der Waals surface area contributed by atoms with Crippen LogP contribution in [0.3, 0.4) is 0 Å². The molecule has 0 radical (unpaired) electrons. The van der Waals surface area contributed by atoms with Gasteiger partial charge in [0.1, 0.15) is 0 Å². The van der Waals surface area contributed by atoms with Crippen molar-refractivity contribution in [2.75, 3.05) is 18.4 Å². The zero-order valence-corrected chi connectivity index (χ0v) is 17.5. The Kier molecular flexibility index (Phi) is 6.76. The lowest BCUT2D eigenvalue weighted by Crippen LogP contribution is -2.47. The number of hydrogen-bond donors (Lipinski definition) is 2. The van der Waals surface area contributed by atoms with Gasteiger partial charge in [-0.1, -0.05) is 31.5 Å². The second-order valence-electron chi connectivity index (χ2n) is 7.80. The fraction of sp³-hybridized carbons (Fsp3) is 0.409. The number of rotatable bonds is 5. The number of likely N-dealkylation sites (tertiary alicyclic amines) is 1.